The second-order valence-corrected chi connectivity index (χ2v) is 10.8. The van der Waals surface area contributed by atoms with Crippen LogP contribution in [0.15, 0.2) is 66.1 Å². The maximum atomic E-state index is 14.7. The summed E-state index contributed by atoms with van der Waals surface area (Å²) in [6.07, 6.45) is 3.44. The van der Waals surface area contributed by atoms with E-state index in [0.717, 1.165) is 11.1 Å². The highest BCUT2D eigenvalue weighted by molar-refractivity contribution is 6.31. The molecule has 2 aliphatic heterocycles. The Balaban J connectivity index is 1.46. The van der Waals surface area contributed by atoms with Crippen LogP contribution in [0.2, 0.25) is 5.02 Å². The maximum absolute atomic E-state index is 14.7. The number of halogens is 2. The fraction of sp³-hybridized carbons (Fsp3) is 0.267. The third-order valence-corrected chi connectivity index (χ3v) is 7.61. The second kappa shape index (κ2) is 12.2. The van der Waals surface area contributed by atoms with Crippen LogP contribution in [0, 0.1) is 11.7 Å². The molecule has 0 saturated carbocycles. The van der Waals surface area contributed by atoms with Crippen molar-refractivity contribution in [3.05, 3.63) is 82.7 Å². The van der Waals surface area contributed by atoms with Crippen molar-refractivity contribution in [3.8, 4) is 11.1 Å². The second-order valence-electron chi connectivity index (χ2n) is 10.4. The molecule has 3 aromatic rings. The zero-order valence-corrected chi connectivity index (χ0v) is 24.1. The van der Waals surface area contributed by atoms with Crippen LogP contribution in [0.3, 0.4) is 0 Å². The topological polar surface area (TPSA) is 127 Å². The van der Waals surface area contributed by atoms with E-state index in [1.165, 1.54) is 18.0 Å². The molecule has 42 heavy (non-hydrogen) atoms. The van der Waals surface area contributed by atoms with Gasteiger partial charge in [0.2, 0.25) is 11.8 Å². The standard InChI is InChI=1S/C30H31ClFN7O3/c1-16-6-4-8-23(35-30(42)28-17(2)39(38-37-28)26-9-5-7-22(31)27(26)32)25-14-19(12-13-33-25)21-11-10-20(34-18(3)40)15-24(21)36-29(16)41/h5,7,9-16,23,37-38H,4,6,8H2,1-3H3,(H,34,40)(H,35,42)(H,36,41)/t16-,23+/m1/s1. The number of nitrogens with zero attached hydrogens (tertiary/aromatic N) is 2. The first kappa shape index (κ1) is 29.0. The summed E-state index contributed by atoms with van der Waals surface area (Å²) in [7, 11) is 0. The fourth-order valence-corrected chi connectivity index (χ4v) is 5.22. The zero-order chi connectivity index (χ0) is 30.0. The number of anilines is 3. The van der Waals surface area contributed by atoms with Gasteiger partial charge in [0.25, 0.3) is 5.91 Å². The number of amides is 3. The molecule has 2 aliphatic rings. The van der Waals surface area contributed by atoms with Crippen LogP contribution in [0.1, 0.15) is 51.8 Å². The third-order valence-electron chi connectivity index (χ3n) is 7.32. The van der Waals surface area contributed by atoms with Crippen molar-refractivity contribution in [1.82, 2.24) is 21.3 Å². The lowest BCUT2D eigenvalue weighted by Gasteiger charge is -2.22. The molecule has 10 nitrogen and oxygen atoms in total. The van der Waals surface area contributed by atoms with E-state index in [1.807, 2.05) is 25.1 Å². The van der Waals surface area contributed by atoms with Gasteiger partial charge in [-0.1, -0.05) is 37.1 Å². The summed E-state index contributed by atoms with van der Waals surface area (Å²) in [5.41, 5.74) is 9.83. The number of hydrazine groups is 2. The number of carbonyl (C=O) groups excluding carboxylic acids is 3. The van der Waals surface area contributed by atoms with E-state index in [-0.39, 0.29) is 34.1 Å². The van der Waals surface area contributed by atoms with E-state index in [9.17, 15) is 18.8 Å². The van der Waals surface area contributed by atoms with Crippen LogP contribution < -0.4 is 31.9 Å². The maximum Gasteiger partial charge on any atom is 0.271 e. The average molecular weight is 592 g/mol. The molecule has 5 N–H and O–H groups in total. The summed E-state index contributed by atoms with van der Waals surface area (Å²) in [5.74, 6) is -1.67. The summed E-state index contributed by atoms with van der Waals surface area (Å²) < 4.78 is 14.7. The number of carbonyl (C=O) groups is 3. The minimum Gasteiger partial charge on any atom is -0.342 e. The van der Waals surface area contributed by atoms with Crippen molar-refractivity contribution >= 4 is 46.4 Å². The molecule has 0 radical (unpaired) electrons. The molecule has 0 unspecified atom stereocenters. The van der Waals surface area contributed by atoms with Crippen molar-refractivity contribution < 1.29 is 18.8 Å². The fourth-order valence-electron chi connectivity index (χ4n) is 5.05. The largest absolute Gasteiger partial charge is 0.342 e. The Kier molecular flexibility index (Phi) is 8.41. The van der Waals surface area contributed by atoms with E-state index >= 15 is 0 Å². The highest BCUT2D eigenvalue weighted by Gasteiger charge is 2.29. The summed E-state index contributed by atoms with van der Waals surface area (Å²) in [6.45, 7) is 4.97. The van der Waals surface area contributed by atoms with Gasteiger partial charge in [-0.15, -0.1) is 5.53 Å². The highest BCUT2D eigenvalue weighted by atomic mass is 35.5. The monoisotopic (exact) mass is 591 g/mol. The van der Waals surface area contributed by atoms with Crippen LogP contribution in [-0.4, -0.2) is 22.7 Å². The quantitative estimate of drug-likeness (QED) is 0.283. The Morgan fingerprint density at radius 3 is 2.74 bits per heavy atom. The van der Waals surface area contributed by atoms with E-state index in [4.69, 9.17) is 11.6 Å². The molecule has 218 valence electrons. The Bertz CT molecular complexity index is 1590. The number of nitrogens with one attached hydrogen (secondary N) is 5. The summed E-state index contributed by atoms with van der Waals surface area (Å²) in [5, 5.41) is 10.2. The first-order valence-corrected chi connectivity index (χ1v) is 14.0. The van der Waals surface area contributed by atoms with Crippen LogP contribution >= 0.6 is 11.6 Å². The van der Waals surface area contributed by atoms with E-state index in [0.29, 0.717) is 42.0 Å². The number of aromatic nitrogens is 1. The Morgan fingerprint density at radius 2 is 1.95 bits per heavy atom. The van der Waals surface area contributed by atoms with Gasteiger partial charge < -0.3 is 16.0 Å². The molecule has 0 saturated heterocycles. The molecule has 5 rings (SSSR count). The van der Waals surface area contributed by atoms with Gasteiger partial charge in [-0.05, 0) is 61.7 Å². The summed E-state index contributed by atoms with van der Waals surface area (Å²) >= 11 is 5.96. The SMILES string of the molecule is CC(=O)Nc1ccc2c(c1)NC(=O)[C@H](C)CCC[C@H](NC(=O)C1=C(C)N(c3cccc(Cl)c3F)NN1)c1cc-2ccn1. The minimum atomic E-state index is -0.613. The van der Waals surface area contributed by atoms with Crippen LogP contribution in [0.5, 0.6) is 0 Å². The Labute approximate surface area is 247 Å². The molecule has 0 aliphatic carbocycles. The van der Waals surface area contributed by atoms with E-state index in [1.54, 1.807) is 37.4 Å². The number of benzene rings is 2. The molecule has 2 atom stereocenters. The predicted molar refractivity (Wildman–Crippen MR) is 159 cm³/mol. The molecule has 3 heterocycles. The van der Waals surface area contributed by atoms with Crippen molar-refractivity contribution in [3.63, 3.8) is 0 Å². The first-order valence-electron chi connectivity index (χ1n) is 13.6. The molecule has 12 heteroatoms. The van der Waals surface area contributed by atoms with Gasteiger partial charge in [-0.2, -0.15) is 0 Å². The normalized spacial score (nSPS) is 18.7. The number of rotatable bonds is 4. The molecule has 0 spiro atoms. The molecule has 2 aromatic carbocycles. The van der Waals surface area contributed by atoms with E-state index in [2.05, 4.69) is 31.9 Å². The number of fused-ring (bicyclic) bond motifs is 4. The van der Waals surface area contributed by atoms with Gasteiger partial charge in [-0.3, -0.25) is 29.8 Å². The van der Waals surface area contributed by atoms with Gasteiger partial charge in [0.05, 0.1) is 33.8 Å². The van der Waals surface area contributed by atoms with Gasteiger partial charge in [0.15, 0.2) is 5.82 Å². The van der Waals surface area contributed by atoms with Crippen molar-refractivity contribution in [2.24, 2.45) is 5.92 Å². The van der Waals surface area contributed by atoms with Crippen molar-refractivity contribution in [1.29, 1.82) is 0 Å². The van der Waals surface area contributed by atoms with Gasteiger partial charge >= 0.3 is 0 Å². The average Bonchev–Trinajstić information content (AvgIpc) is 3.34. The van der Waals surface area contributed by atoms with Crippen LogP contribution in [0.25, 0.3) is 11.1 Å². The Hall–Kier alpha value is -4.48. The number of pyridine rings is 1. The van der Waals surface area contributed by atoms with E-state index < -0.39 is 17.8 Å². The van der Waals surface area contributed by atoms with Crippen LogP contribution in [-0.2, 0) is 14.4 Å². The lowest BCUT2D eigenvalue weighted by Crippen LogP contribution is -2.40. The van der Waals surface area contributed by atoms with Gasteiger partial charge in [0.1, 0.15) is 5.70 Å². The third kappa shape index (κ3) is 6.07. The molecule has 1 aromatic heterocycles. The molecular weight excluding hydrogens is 561 g/mol. The zero-order valence-electron chi connectivity index (χ0n) is 23.3. The minimum absolute atomic E-state index is 0.0324. The highest BCUT2D eigenvalue weighted by Crippen LogP contribution is 2.34. The van der Waals surface area contributed by atoms with Gasteiger partial charge in [0, 0.05) is 30.3 Å². The number of hydrogen-bond acceptors (Lipinski definition) is 7. The first-order chi connectivity index (χ1) is 20.1. The summed E-state index contributed by atoms with van der Waals surface area (Å²) in [6, 6.07) is 13.2. The van der Waals surface area contributed by atoms with Crippen LogP contribution in [0.4, 0.5) is 21.5 Å². The summed E-state index contributed by atoms with van der Waals surface area (Å²) in [4.78, 5) is 42.8. The number of allylic oxidation sites excluding steroid dienone is 1. The van der Waals surface area contributed by atoms with Crippen molar-refractivity contribution in [2.45, 2.75) is 46.1 Å². The van der Waals surface area contributed by atoms with Gasteiger partial charge in [-0.25, -0.2) is 4.39 Å². The Morgan fingerprint density at radius 1 is 1.14 bits per heavy atom. The predicted octanol–water partition coefficient (Wildman–Crippen LogP) is 5.18. The number of hydrogen-bond donors (Lipinski definition) is 5. The smallest absolute Gasteiger partial charge is 0.271 e. The molecule has 3 amide bonds. The molecule has 2 bridgehead atoms. The molecule has 0 fully saturated rings. The van der Waals surface area contributed by atoms with Crippen molar-refractivity contribution in [2.75, 3.05) is 15.6 Å². The molecular formula is C30H31ClFN7O3. The lowest BCUT2D eigenvalue weighted by molar-refractivity contribution is -0.120. The lowest BCUT2D eigenvalue weighted by atomic mass is 9.95.